The van der Waals surface area contributed by atoms with E-state index in [0.717, 1.165) is 22.6 Å². The molecule has 0 atom stereocenters. The first-order valence-corrected chi connectivity index (χ1v) is 7.69. The zero-order valence-corrected chi connectivity index (χ0v) is 13.4. The molecule has 4 nitrogen and oxygen atoms in total. The van der Waals surface area contributed by atoms with E-state index in [1.165, 1.54) is 0 Å². The number of aromatic nitrogens is 1. The lowest BCUT2D eigenvalue weighted by Gasteiger charge is -2.10. The fraction of sp³-hybridized carbons (Fsp3) is 0.100. The Labute approximate surface area is 141 Å². The third-order valence-corrected chi connectivity index (χ3v) is 3.74. The summed E-state index contributed by atoms with van der Waals surface area (Å²) in [6, 6.07) is 20.8. The smallest absolute Gasteiger partial charge is 0.251 e. The molecule has 0 saturated carbocycles. The number of benzene rings is 2. The summed E-state index contributed by atoms with van der Waals surface area (Å²) in [5, 5.41) is 2.91. The maximum Gasteiger partial charge on any atom is 0.251 e. The summed E-state index contributed by atoms with van der Waals surface area (Å²) in [6.07, 6.45) is 1.75. The summed E-state index contributed by atoms with van der Waals surface area (Å²) < 4.78 is 5.29. The lowest BCUT2D eigenvalue weighted by Crippen LogP contribution is -2.22. The lowest BCUT2D eigenvalue weighted by atomic mass is 10.1. The van der Waals surface area contributed by atoms with E-state index >= 15 is 0 Å². The summed E-state index contributed by atoms with van der Waals surface area (Å²) in [6.45, 7) is 0.421. The van der Waals surface area contributed by atoms with Gasteiger partial charge in [0.1, 0.15) is 5.75 Å². The van der Waals surface area contributed by atoms with Crippen molar-refractivity contribution in [2.24, 2.45) is 0 Å². The Morgan fingerprint density at radius 3 is 2.46 bits per heavy atom. The van der Waals surface area contributed by atoms with Gasteiger partial charge in [0.15, 0.2) is 0 Å². The Morgan fingerprint density at radius 1 is 1.00 bits per heavy atom. The molecule has 0 unspecified atom stereocenters. The first kappa shape index (κ1) is 15.7. The fourth-order valence-electron chi connectivity index (χ4n) is 2.45. The number of carbonyl (C=O) groups is 1. The fourth-order valence-corrected chi connectivity index (χ4v) is 2.45. The van der Waals surface area contributed by atoms with Crippen molar-refractivity contribution in [1.29, 1.82) is 0 Å². The van der Waals surface area contributed by atoms with Gasteiger partial charge in [0.05, 0.1) is 12.8 Å². The molecule has 0 aliphatic rings. The van der Waals surface area contributed by atoms with Crippen molar-refractivity contribution in [2.75, 3.05) is 7.11 Å². The average Bonchev–Trinajstić information content (AvgIpc) is 2.67. The van der Waals surface area contributed by atoms with E-state index in [4.69, 9.17) is 4.74 Å². The zero-order valence-electron chi connectivity index (χ0n) is 13.4. The first-order valence-electron chi connectivity index (χ1n) is 7.69. The number of hydrogen-bond donors (Lipinski definition) is 1. The number of para-hydroxylation sites is 1. The second kappa shape index (κ2) is 7.42. The molecule has 0 saturated heterocycles. The third-order valence-electron chi connectivity index (χ3n) is 3.74. The van der Waals surface area contributed by atoms with E-state index < -0.39 is 0 Å². The van der Waals surface area contributed by atoms with Gasteiger partial charge in [-0.3, -0.25) is 9.78 Å². The SMILES string of the molecule is COc1ccccc1CNC(=O)c1ccc(-c2ccccn2)cc1. The predicted molar refractivity (Wildman–Crippen MR) is 93.8 cm³/mol. The number of carbonyl (C=O) groups excluding carboxylic acids is 1. The van der Waals surface area contributed by atoms with Crippen LogP contribution >= 0.6 is 0 Å². The van der Waals surface area contributed by atoms with E-state index in [-0.39, 0.29) is 5.91 Å². The molecule has 0 aliphatic heterocycles. The van der Waals surface area contributed by atoms with Gasteiger partial charge >= 0.3 is 0 Å². The second-order valence-corrected chi connectivity index (χ2v) is 5.29. The van der Waals surface area contributed by atoms with Gasteiger partial charge in [0, 0.05) is 29.4 Å². The van der Waals surface area contributed by atoms with E-state index in [2.05, 4.69) is 10.3 Å². The van der Waals surface area contributed by atoms with Crippen LogP contribution in [0.5, 0.6) is 5.75 Å². The van der Waals surface area contributed by atoms with Crippen LogP contribution in [0.1, 0.15) is 15.9 Å². The van der Waals surface area contributed by atoms with Crippen LogP contribution < -0.4 is 10.1 Å². The van der Waals surface area contributed by atoms with E-state index in [1.54, 1.807) is 13.3 Å². The standard InChI is InChI=1S/C20H18N2O2/c1-24-19-8-3-2-6-17(19)14-22-20(23)16-11-9-15(10-12-16)18-7-4-5-13-21-18/h2-13H,14H2,1H3,(H,22,23). The highest BCUT2D eigenvalue weighted by Gasteiger charge is 2.08. The van der Waals surface area contributed by atoms with E-state index in [9.17, 15) is 4.79 Å². The zero-order chi connectivity index (χ0) is 16.8. The molecule has 1 N–H and O–H groups in total. The summed E-state index contributed by atoms with van der Waals surface area (Å²) in [7, 11) is 1.62. The van der Waals surface area contributed by atoms with Crippen LogP contribution in [0.25, 0.3) is 11.3 Å². The topological polar surface area (TPSA) is 51.2 Å². The lowest BCUT2D eigenvalue weighted by molar-refractivity contribution is 0.0950. The minimum Gasteiger partial charge on any atom is -0.496 e. The van der Waals surface area contributed by atoms with Gasteiger partial charge in [-0.05, 0) is 30.3 Å². The maximum atomic E-state index is 12.3. The van der Waals surface area contributed by atoms with Crippen molar-refractivity contribution in [3.63, 3.8) is 0 Å². The van der Waals surface area contributed by atoms with Crippen molar-refractivity contribution >= 4 is 5.91 Å². The van der Waals surface area contributed by atoms with E-state index in [0.29, 0.717) is 12.1 Å². The molecule has 1 amide bonds. The van der Waals surface area contributed by atoms with Crippen LogP contribution in [0.15, 0.2) is 72.9 Å². The highest BCUT2D eigenvalue weighted by molar-refractivity contribution is 5.94. The molecule has 0 fully saturated rings. The molecule has 3 rings (SSSR count). The predicted octanol–water partition coefficient (Wildman–Crippen LogP) is 3.69. The van der Waals surface area contributed by atoms with Crippen molar-refractivity contribution in [2.45, 2.75) is 6.54 Å². The van der Waals surface area contributed by atoms with Crippen LogP contribution in [0.4, 0.5) is 0 Å². The molecule has 3 aromatic rings. The van der Waals surface area contributed by atoms with Crippen LogP contribution in [0.2, 0.25) is 0 Å². The van der Waals surface area contributed by atoms with Crippen molar-refractivity contribution < 1.29 is 9.53 Å². The van der Waals surface area contributed by atoms with Gasteiger partial charge in [-0.1, -0.05) is 36.4 Å². The quantitative estimate of drug-likeness (QED) is 0.780. The summed E-state index contributed by atoms with van der Waals surface area (Å²) in [4.78, 5) is 16.6. The molecule has 0 aliphatic carbocycles. The minimum absolute atomic E-state index is 0.117. The molecule has 4 heteroatoms. The molecular formula is C20H18N2O2. The molecule has 120 valence electrons. The Balaban J connectivity index is 1.67. The molecule has 0 radical (unpaired) electrons. The monoisotopic (exact) mass is 318 g/mol. The van der Waals surface area contributed by atoms with Gasteiger partial charge in [-0.2, -0.15) is 0 Å². The largest absolute Gasteiger partial charge is 0.496 e. The van der Waals surface area contributed by atoms with Crippen LogP contribution in [0.3, 0.4) is 0 Å². The van der Waals surface area contributed by atoms with Crippen molar-refractivity contribution in [1.82, 2.24) is 10.3 Å². The average molecular weight is 318 g/mol. The van der Waals surface area contributed by atoms with Crippen LogP contribution in [0, 0.1) is 0 Å². The minimum atomic E-state index is -0.117. The second-order valence-electron chi connectivity index (χ2n) is 5.29. The first-order chi connectivity index (χ1) is 11.8. The normalized spacial score (nSPS) is 10.2. The Bertz CT molecular complexity index is 815. The van der Waals surface area contributed by atoms with Gasteiger partial charge in [-0.15, -0.1) is 0 Å². The third kappa shape index (κ3) is 3.60. The molecule has 1 aromatic heterocycles. The van der Waals surface area contributed by atoms with Gasteiger partial charge < -0.3 is 10.1 Å². The molecule has 1 heterocycles. The molecule has 2 aromatic carbocycles. The van der Waals surface area contributed by atoms with Crippen LogP contribution in [-0.4, -0.2) is 18.0 Å². The number of pyridine rings is 1. The number of ether oxygens (including phenoxy) is 1. The maximum absolute atomic E-state index is 12.3. The number of methoxy groups -OCH3 is 1. The number of nitrogens with one attached hydrogen (secondary N) is 1. The van der Waals surface area contributed by atoms with Gasteiger partial charge in [-0.25, -0.2) is 0 Å². The summed E-state index contributed by atoms with van der Waals surface area (Å²) in [5.74, 6) is 0.650. The van der Waals surface area contributed by atoms with Crippen molar-refractivity contribution in [3.8, 4) is 17.0 Å². The summed E-state index contributed by atoms with van der Waals surface area (Å²) >= 11 is 0. The number of nitrogens with zero attached hydrogens (tertiary/aromatic N) is 1. The molecule has 24 heavy (non-hydrogen) atoms. The Hall–Kier alpha value is -3.14. The number of hydrogen-bond acceptors (Lipinski definition) is 3. The van der Waals surface area contributed by atoms with Crippen molar-refractivity contribution in [3.05, 3.63) is 84.1 Å². The highest BCUT2D eigenvalue weighted by Crippen LogP contribution is 2.18. The van der Waals surface area contributed by atoms with Crippen LogP contribution in [-0.2, 0) is 6.54 Å². The molecule has 0 bridgehead atoms. The number of amides is 1. The van der Waals surface area contributed by atoms with Gasteiger partial charge in [0.2, 0.25) is 0 Å². The van der Waals surface area contributed by atoms with E-state index in [1.807, 2.05) is 66.7 Å². The van der Waals surface area contributed by atoms with Gasteiger partial charge in [0.25, 0.3) is 5.91 Å². The Morgan fingerprint density at radius 2 is 1.75 bits per heavy atom. The molecular weight excluding hydrogens is 300 g/mol. The highest BCUT2D eigenvalue weighted by atomic mass is 16.5. The summed E-state index contributed by atoms with van der Waals surface area (Å²) in [5.41, 5.74) is 3.43. The number of rotatable bonds is 5. The molecule has 0 spiro atoms. The Kier molecular flexibility index (Phi) is 4.87.